The van der Waals surface area contributed by atoms with Crippen molar-refractivity contribution < 1.29 is 19.1 Å². The third-order valence-corrected chi connectivity index (χ3v) is 4.10. The van der Waals surface area contributed by atoms with E-state index in [1.54, 1.807) is 4.90 Å². The van der Waals surface area contributed by atoms with Gasteiger partial charge in [-0.15, -0.1) is 0 Å². The molecular weight excluding hydrogens is 298 g/mol. The van der Waals surface area contributed by atoms with Crippen LogP contribution in [-0.4, -0.2) is 41.6 Å². The predicted octanol–water partition coefficient (Wildman–Crippen LogP) is 0.750. The molecule has 2 fully saturated rings. The zero-order valence-corrected chi connectivity index (χ0v) is 12.7. The lowest BCUT2D eigenvalue weighted by Crippen LogP contribution is -2.68. The molecule has 0 aliphatic carbocycles. The fourth-order valence-electron chi connectivity index (χ4n) is 2.91. The summed E-state index contributed by atoms with van der Waals surface area (Å²) in [7, 11) is 0. The molecule has 2 N–H and O–H groups in total. The molecule has 0 aromatic heterocycles. The Kier molecular flexibility index (Phi) is 4.45. The van der Waals surface area contributed by atoms with Gasteiger partial charge >= 0.3 is 6.09 Å². The lowest BCUT2D eigenvalue weighted by Gasteiger charge is -2.41. The summed E-state index contributed by atoms with van der Waals surface area (Å²) < 4.78 is 5.08. The van der Waals surface area contributed by atoms with Crippen molar-refractivity contribution in [2.75, 3.05) is 6.54 Å². The van der Waals surface area contributed by atoms with Gasteiger partial charge in [0.1, 0.15) is 12.6 Å². The molecule has 7 nitrogen and oxygen atoms in total. The molecule has 3 rings (SSSR count). The third kappa shape index (κ3) is 3.44. The van der Waals surface area contributed by atoms with Gasteiger partial charge in [-0.3, -0.25) is 14.9 Å². The summed E-state index contributed by atoms with van der Waals surface area (Å²) in [5.74, 6) is -0.511. The quantitative estimate of drug-likeness (QED) is 0.861. The van der Waals surface area contributed by atoms with Gasteiger partial charge in [-0.25, -0.2) is 4.79 Å². The van der Waals surface area contributed by atoms with Crippen molar-refractivity contribution in [1.82, 2.24) is 15.5 Å². The number of ether oxygens (including phenoxy) is 1. The highest BCUT2D eigenvalue weighted by Gasteiger charge is 2.42. The van der Waals surface area contributed by atoms with Gasteiger partial charge in [-0.2, -0.15) is 0 Å². The zero-order valence-electron chi connectivity index (χ0n) is 12.7. The first-order valence-electron chi connectivity index (χ1n) is 7.73. The number of benzene rings is 1. The van der Waals surface area contributed by atoms with Gasteiger partial charge < -0.3 is 15.0 Å². The molecule has 0 radical (unpaired) electrons. The van der Waals surface area contributed by atoms with Crippen molar-refractivity contribution >= 4 is 17.9 Å². The Morgan fingerprint density at radius 2 is 2.04 bits per heavy atom. The van der Waals surface area contributed by atoms with E-state index in [0.717, 1.165) is 18.4 Å². The maximum absolute atomic E-state index is 12.4. The average molecular weight is 317 g/mol. The van der Waals surface area contributed by atoms with E-state index in [0.29, 0.717) is 13.0 Å². The lowest BCUT2D eigenvalue weighted by molar-refractivity contribution is -0.151. The van der Waals surface area contributed by atoms with Crippen LogP contribution < -0.4 is 10.6 Å². The average Bonchev–Trinajstić information content (AvgIpc) is 2.59. The van der Waals surface area contributed by atoms with E-state index in [4.69, 9.17) is 4.74 Å². The summed E-state index contributed by atoms with van der Waals surface area (Å²) in [6.45, 7) is 0.655. The highest BCUT2D eigenvalue weighted by Crippen LogP contribution is 2.20. The second-order valence-electron chi connectivity index (χ2n) is 5.69. The Labute approximate surface area is 134 Å². The molecule has 23 heavy (non-hydrogen) atoms. The van der Waals surface area contributed by atoms with Crippen molar-refractivity contribution in [3.63, 3.8) is 0 Å². The van der Waals surface area contributed by atoms with Crippen LogP contribution in [0.5, 0.6) is 0 Å². The molecule has 2 aliphatic rings. The van der Waals surface area contributed by atoms with Crippen LogP contribution in [0.1, 0.15) is 24.8 Å². The van der Waals surface area contributed by atoms with Crippen LogP contribution >= 0.6 is 0 Å². The molecule has 2 heterocycles. The highest BCUT2D eigenvalue weighted by molar-refractivity contribution is 5.98. The van der Waals surface area contributed by atoms with E-state index in [-0.39, 0.29) is 18.4 Å². The number of carbonyl (C=O) groups excluding carboxylic acids is 3. The summed E-state index contributed by atoms with van der Waals surface area (Å²) >= 11 is 0. The number of alkyl carbamates (subject to hydrolysis) is 1. The zero-order chi connectivity index (χ0) is 16.2. The molecule has 7 heteroatoms. The van der Waals surface area contributed by atoms with Gasteiger partial charge in [0.2, 0.25) is 5.91 Å². The van der Waals surface area contributed by atoms with Crippen LogP contribution in [0.4, 0.5) is 4.79 Å². The fraction of sp³-hybridized carbons (Fsp3) is 0.438. The number of carbonyl (C=O) groups is 3. The minimum atomic E-state index is -1.06. The first-order valence-corrected chi connectivity index (χ1v) is 7.73. The molecule has 0 bridgehead atoms. The summed E-state index contributed by atoms with van der Waals surface area (Å²) in [6.07, 6.45) is 0.686. The molecule has 3 amide bonds. The number of rotatable bonds is 3. The van der Waals surface area contributed by atoms with Crippen LogP contribution in [0.15, 0.2) is 30.3 Å². The Hall–Kier alpha value is -2.57. The number of hydrogen-bond acceptors (Lipinski definition) is 4. The lowest BCUT2D eigenvalue weighted by atomic mass is 9.98. The Balaban J connectivity index is 1.55. The Bertz CT molecular complexity index is 605. The maximum Gasteiger partial charge on any atom is 0.409 e. The third-order valence-electron chi connectivity index (χ3n) is 4.10. The van der Waals surface area contributed by atoms with E-state index in [9.17, 15) is 14.4 Å². The molecule has 1 aromatic carbocycles. The van der Waals surface area contributed by atoms with Gasteiger partial charge in [0.25, 0.3) is 5.91 Å². The Morgan fingerprint density at radius 3 is 2.83 bits per heavy atom. The molecule has 122 valence electrons. The number of nitrogens with zero attached hydrogens (tertiary/aromatic N) is 1. The molecule has 2 unspecified atom stereocenters. The molecule has 2 aliphatic heterocycles. The topological polar surface area (TPSA) is 87.7 Å². The normalized spacial score (nSPS) is 23.7. The van der Waals surface area contributed by atoms with Crippen molar-refractivity contribution in [2.24, 2.45) is 0 Å². The van der Waals surface area contributed by atoms with Crippen LogP contribution in [0.3, 0.4) is 0 Å². The number of amides is 3. The molecule has 2 saturated heterocycles. The standard InChI is InChI=1S/C16H19N3O4/c20-14-12-8-4-5-9-19(12)15(21)13(17-14)18-16(22)23-10-11-6-2-1-3-7-11/h1-3,6-7,12-13H,4-5,8-10H2,(H,17,20)(H,18,22). The van der Waals surface area contributed by atoms with Crippen molar-refractivity contribution in [1.29, 1.82) is 0 Å². The fourth-order valence-corrected chi connectivity index (χ4v) is 2.91. The largest absolute Gasteiger partial charge is 0.445 e. The summed E-state index contributed by atoms with van der Waals surface area (Å²) in [6, 6.07) is 8.82. The van der Waals surface area contributed by atoms with Crippen molar-refractivity contribution in [2.45, 2.75) is 38.1 Å². The second-order valence-corrected chi connectivity index (χ2v) is 5.69. The molecule has 0 saturated carbocycles. The van der Waals surface area contributed by atoms with E-state index < -0.39 is 18.3 Å². The first-order chi connectivity index (χ1) is 11.1. The second kappa shape index (κ2) is 6.68. The van der Waals surface area contributed by atoms with Crippen molar-refractivity contribution in [3.8, 4) is 0 Å². The molecule has 1 aromatic rings. The van der Waals surface area contributed by atoms with Crippen LogP contribution in [-0.2, 0) is 20.9 Å². The monoisotopic (exact) mass is 317 g/mol. The van der Waals surface area contributed by atoms with Crippen LogP contribution in [0.2, 0.25) is 0 Å². The van der Waals surface area contributed by atoms with Gasteiger partial charge in [-0.05, 0) is 24.8 Å². The van der Waals surface area contributed by atoms with E-state index >= 15 is 0 Å². The number of piperazine rings is 1. The Morgan fingerprint density at radius 1 is 1.26 bits per heavy atom. The van der Waals surface area contributed by atoms with E-state index in [1.165, 1.54) is 0 Å². The molecular formula is C16H19N3O4. The SMILES string of the molecule is O=C(NC1NC(=O)C2CCCCN2C1=O)OCc1ccccc1. The number of nitrogens with one attached hydrogen (secondary N) is 2. The first kappa shape index (κ1) is 15.3. The summed E-state index contributed by atoms with van der Waals surface area (Å²) in [5, 5.41) is 4.97. The van der Waals surface area contributed by atoms with Gasteiger partial charge in [0, 0.05) is 6.54 Å². The van der Waals surface area contributed by atoms with Gasteiger partial charge in [0.05, 0.1) is 0 Å². The minimum absolute atomic E-state index is 0.105. The minimum Gasteiger partial charge on any atom is -0.445 e. The smallest absolute Gasteiger partial charge is 0.409 e. The molecule has 2 atom stereocenters. The predicted molar refractivity (Wildman–Crippen MR) is 81.0 cm³/mol. The van der Waals surface area contributed by atoms with E-state index in [1.807, 2.05) is 30.3 Å². The summed E-state index contributed by atoms with van der Waals surface area (Å²) in [4.78, 5) is 37.8. The van der Waals surface area contributed by atoms with Gasteiger partial charge in [-0.1, -0.05) is 30.3 Å². The summed E-state index contributed by atoms with van der Waals surface area (Å²) in [5.41, 5.74) is 0.845. The highest BCUT2D eigenvalue weighted by atomic mass is 16.5. The van der Waals surface area contributed by atoms with Crippen LogP contribution in [0, 0.1) is 0 Å². The number of piperidine rings is 1. The van der Waals surface area contributed by atoms with Gasteiger partial charge in [0.15, 0.2) is 6.17 Å². The van der Waals surface area contributed by atoms with Crippen LogP contribution in [0.25, 0.3) is 0 Å². The number of fused-ring (bicyclic) bond motifs is 1. The molecule has 0 spiro atoms. The number of hydrogen-bond donors (Lipinski definition) is 2. The maximum atomic E-state index is 12.4. The van der Waals surface area contributed by atoms with Crippen molar-refractivity contribution in [3.05, 3.63) is 35.9 Å². The van der Waals surface area contributed by atoms with E-state index in [2.05, 4.69) is 10.6 Å².